The van der Waals surface area contributed by atoms with E-state index in [1.54, 1.807) is 4.68 Å². The van der Waals surface area contributed by atoms with Gasteiger partial charge in [0, 0.05) is 0 Å². The fourth-order valence-corrected chi connectivity index (χ4v) is 2.45. The first-order chi connectivity index (χ1) is 11.8. The molecule has 0 aliphatic carbocycles. The molecule has 0 unspecified atom stereocenters. The molecule has 0 saturated heterocycles. The van der Waals surface area contributed by atoms with E-state index >= 15 is 0 Å². The Balaban J connectivity index is 1.79. The van der Waals surface area contributed by atoms with Gasteiger partial charge in [0.1, 0.15) is 24.1 Å². The minimum Gasteiger partial charge on any atom is -0.487 e. The van der Waals surface area contributed by atoms with Crippen molar-refractivity contribution in [1.82, 2.24) is 15.0 Å². The van der Waals surface area contributed by atoms with Gasteiger partial charge in [-0.2, -0.15) is 5.26 Å². The summed E-state index contributed by atoms with van der Waals surface area (Å²) < 4.78 is 7.58. The Bertz CT molecular complexity index is 849. The molecule has 5 nitrogen and oxygen atoms in total. The van der Waals surface area contributed by atoms with Crippen molar-refractivity contribution in [3.05, 3.63) is 77.1 Å². The van der Waals surface area contributed by atoms with Crippen LogP contribution in [0.3, 0.4) is 0 Å². The molecule has 120 valence electrons. The summed E-state index contributed by atoms with van der Waals surface area (Å²) in [5.41, 5.74) is 3.30. The molecule has 0 radical (unpaired) electrons. The highest BCUT2D eigenvalue weighted by molar-refractivity contribution is 5.30. The van der Waals surface area contributed by atoms with Crippen molar-refractivity contribution < 1.29 is 4.74 Å². The molecule has 0 saturated carbocycles. The third-order valence-electron chi connectivity index (χ3n) is 3.80. The van der Waals surface area contributed by atoms with Gasteiger partial charge in [0.05, 0.1) is 6.54 Å². The second kappa shape index (κ2) is 7.42. The molecule has 0 bridgehead atoms. The molecular formula is C19H18N4O. The van der Waals surface area contributed by atoms with Crippen LogP contribution in [0.2, 0.25) is 0 Å². The Labute approximate surface area is 141 Å². The fourth-order valence-electron chi connectivity index (χ4n) is 2.45. The smallest absolute Gasteiger partial charge is 0.189 e. The average Bonchev–Trinajstić information content (AvgIpc) is 3.02. The molecule has 1 aromatic heterocycles. The summed E-state index contributed by atoms with van der Waals surface area (Å²) in [6.07, 6.45) is 0.953. The molecule has 3 aromatic rings. The molecule has 1 heterocycles. The predicted molar refractivity (Wildman–Crippen MR) is 90.4 cm³/mol. The van der Waals surface area contributed by atoms with Gasteiger partial charge in [0.2, 0.25) is 0 Å². The molecule has 0 spiro atoms. The third kappa shape index (κ3) is 3.61. The van der Waals surface area contributed by atoms with E-state index in [1.165, 1.54) is 5.56 Å². The van der Waals surface area contributed by atoms with Crippen molar-refractivity contribution in [2.24, 2.45) is 0 Å². The van der Waals surface area contributed by atoms with Crippen LogP contribution in [-0.2, 0) is 19.6 Å². The molecule has 0 N–H and O–H groups in total. The first-order valence-electron chi connectivity index (χ1n) is 7.88. The third-order valence-corrected chi connectivity index (χ3v) is 3.80. The normalized spacial score (nSPS) is 10.3. The van der Waals surface area contributed by atoms with E-state index in [9.17, 15) is 5.26 Å². The summed E-state index contributed by atoms with van der Waals surface area (Å²) in [4.78, 5) is 0. The lowest BCUT2D eigenvalue weighted by atomic mass is 10.2. The van der Waals surface area contributed by atoms with Gasteiger partial charge in [-0.25, -0.2) is 4.68 Å². The van der Waals surface area contributed by atoms with Crippen LogP contribution in [0.1, 0.15) is 29.4 Å². The van der Waals surface area contributed by atoms with Crippen LogP contribution in [0.5, 0.6) is 5.75 Å². The maximum atomic E-state index is 9.26. The van der Waals surface area contributed by atoms with E-state index in [0.29, 0.717) is 17.9 Å². The number of nitriles is 1. The predicted octanol–water partition coefficient (Wildman–Crippen LogP) is 3.34. The molecule has 0 fully saturated rings. The number of aromatic nitrogens is 3. The van der Waals surface area contributed by atoms with E-state index in [2.05, 4.69) is 29.4 Å². The Hall–Kier alpha value is -3.13. The second-order valence-corrected chi connectivity index (χ2v) is 5.43. The Morgan fingerprint density at radius 3 is 2.62 bits per heavy atom. The quantitative estimate of drug-likeness (QED) is 0.699. The molecule has 0 aliphatic heterocycles. The van der Waals surface area contributed by atoms with E-state index in [1.807, 2.05) is 48.5 Å². The lowest BCUT2D eigenvalue weighted by Crippen LogP contribution is -2.10. The average molecular weight is 318 g/mol. The van der Waals surface area contributed by atoms with Crippen LogP contribution in [0.4, 0.5) is 0 Å². The van der Waals surface area contributed by atoms with Crippen molar-refractivity contribution in [3.8, 4) is 11.8 Å². The van der Waals surface area contributed by atoms with Crippen molar-refractivity contribution in [2.45, 2.75) is 26.5 Å². The molecule has 0 amide bonds. The minimum atomic E-state index is 0.260. The van der Waals surface area contributed by atoms with Crippen molar-refractivity contribution in [1.29, 1.82) is 5.26 Å². The molecular weight excluding hydrogens is 300 g/mol. The van der Waals surface area contributed by atoms with Crippen molar-refractivity contribution in [3.63, 3.8) is 0 Å². The molecule has 24 heavy (non-hydrogen) atoms. The summed E-state index contributed by atoms with van der Waals surface area (Å²) in [5, 5.41) is 17.3. The number of benzene rings is 2. The zero-order valence-electron chi connectivity index (χ0n) is 13.5. The first kappa shape index (κ1) is 15.8. The highest BCUT2D eigenvalue weighted by atomic mass is 16.5. The van der Waals surface area contributed by atoms with Gasteiger partial charge in [0.25, 0.3) is 0 Å². The van der Waals surface area contributed by atoms with Gasteiger partial charge in [-0.1, -0.05) is 54.6 Å². The second-order valence-electron chi connectivity index (χ2n) is 5.43. The van der Waals surface area contributed by atoms with Gasteiger partial charge >= 0.3 is 0 Å². The van der Waals surface area contributed by atoms with Crippen LogP contribution in [-0.4, -0.2) is 15.0 Å². The minimum absolute atomic E-state index is 0.260. The highest BCUT2D eigenvalue weighted by Gasteiger charge is 2.14. The maximum Gasteiger partial charge on any atom is 0.189 e. The summed E-state index contributed by atoms with van der Waals surface area (Å²) in [7, 11) is 0. The van der Waals surface area contributed by atoms with Crippen LogP contribution >= 0.6 is 0 Å². The van der Waals surface area contributed by atoms with E-state index in [-0.39, 0.29) is 6.61 Å². The number of nitrogens with zero attached hydrogens (tertiary/aromatic N) is 4. The van der Waals surface area contributed by atoms with Crippen molar-refractivity contribution in [2.75, 3.05) is 0 Å². The van der Waals surface area contributed by atoms with Gasteiger partial charge in [-0.3, -0.25) is 0 Å². The summed E-state index contributed by atoms with van der Waals surface area (Å²) in [6.45, 7) is 2.92. The molecule has 0 atom stereocenters. The topological polar surface area (TPSA) is 63.7 Å². The number of aryl methyl sites for hydroxylation is 1. The maximum absolute atomic E-state index is 9.26. The SMILES string of the molecule is CCc1cccc(OCc2c(C#N)nnn2Cc2ccccc2)c1. The van der Waals surface area contributed by atoms with Gasteiger partial charge in [0.15, 0.2) is 5.69 Å². The summed E-state index contributed by atoms with van der Waals surface area (Å²) in [5.74, 6) is 0.783. The van der Waals surface area contributed by atoms with Crippen LogP contribution in [0, 0.1) is 11.3 Å². The van der Waals surface area contributed by atoms with E-state index in [4.69, 9.17) is 4.74 Å². The molecule has 0 aliphatic rings. The lowest BCUT2D eigenvalue weighted by Gasteiger charge is -2.09. The Morgan fingerprint density at radius 1 is 1.08 bits per heavy atom. The zero-order valence-corrected chi connectivity index (χ0v) is 13.5. The standard InChI is InChI=1S/C19H18N4O/c1-2-15-9-6-10-17(11-15)24-14-19-18(12-20)21-22-23(19)13-16-7-4-3-5-8-16/h3-11H,2,13-14H2,1H3. The summed E-state index contributed by atoms with van der Waals surface area (Å²) in [6, 6.07) is 20.0. The van der Waals surface area contributed by atoms with Crippen LogP contribution < -0.4 is 4.74 Å². The lowest BCUT2D eigenvalue weighted by molar-refractivity contribution is 0.292. The number of hydrogen-bond acceptors (Lipinski definition) is 4. The Morgan fingerprint density at radius 2 is 1.88 bits per heavy atom. The van der Waals surface area contributed by atoms with Gasteiger partial charge in [-0.15, -0.1) is 5.10 Å². The summed E-state index contributed by atoms with van der Waals surface area (Å²) >= 11 is 0. The van der Waals surface area contributed by atoms with E-state index < -0.39 is 0 Å². The molecule has 3 rings (SSSR count). The molecule has 5 heteroatoms. The largest absolute Gasteiger partial charge is 0.487 e. The van der Waals surface area contributed by atoms with Gasteiger partial charge < -0.3 is 4.74 Å². The fraction of sp³-hybridized carbons (Fsp3) is 0.211. The first-order valence-corrected chi connectivity index (χ1v) is 7.88. The Kier molecular flexibility index (Phi) is 4.87. The van der Waals surface area contributed by atoms with Crippen LogP contribution in [0.15, 0.2) is 54.6 Å². The van der Waals surface area contributed by atoms with Crippen molar-refractivity contribution >= 4 is 0 Å². The highest BCUT2D eigenvalue weighted by Crippen LogP contribution is 2.17. The number of hydrogen-bond donors (Lipinski definition) is 0. The van der Waals surface area contributed by atoms with E-state index in [0.717, 1.165) is 17.7 Å². The van der Waals surface area contributed by atoms with Crippen LogP contribution in [0.25, 0.3) is 0 Å². The number of ether oxygens (including phenoxy) is 1. The zero-order chi connectivity index (χ0) is 16.8. The monoisotopic (exact) mass is 318 g/mol. The number of rotatable bonds is 6. The molecule has 2 aromatic carbocycles. The van der Waals surface area contributed by atoms with Gasteiger partial charge in [-0.05, 0) is 29.7 Å².